The van der Waals surface area contributed by atoms with Crippen LogP contribution in [0.15, 0.2) is 66.0 Å². The summed E-state index contributed by atoms with van der Waals surface area (Å²) >= 11 is 0. The van der Waals surface area contributed by atoms with E-state index in [0.29, 0.717) is 17.8 Å². The van der Waals surface area contributed by atoms with Crippen LogP contribution < -0.4 is 10.0 Å². The van der Waals surface area contributed by atoms with Gasteiger partial charge < -0.3 is 5.32 Å². The van der Waals surface area contributed by atoms with Gasteiger partial charge in [-0.05, 0) is 42.5 Å². The van der Waals surface area contributed by atoms with E-state index < -0.39 is 10.0 Å². The number of nitrogens with one attached hydrogen (secondary N) is 3. The van der Waals surface area contributed by atoms with Crippen molar-refractivity contribution in [3.63, 3.8) is 0 Å². The average molecular weight is 357 g/mol. The molecule has 0 aliphatic carbocycles. The van der Waals surface area contributed by atoms with Crippen molar-refractivity contribution in [2.75, 3.05) is 4.72 Å². The number of hydrogen-bond donors (Lipinski definition) is 3. The summed E-state index contributed by atoms with van der Waals surface area (Å²) in [5, 5.41) is 9.25. The molecule has 3 N–H and O–H groups in total. The van der Waals surface area contributed by atoms with Crippen LogP contribution in [-0.2, 0) is 16.6 Å². The number of anilines is 1. The molecule has 1 aromatic carbocycles. The molecule has 2 aromatic heterocycles. The highest BCUT2D eigenvalue weighted by Crippen LogP contribution is 2.16. The van der Waals surface area contributed by atoms with Crippen LogP contribution in [0.3, 0.4) is 0 Å². The fourth-order valence-corrected chi connectivity index (χ4v) is 3.14. The largest absolute Gasteiger partial charge is 0.346 e. The first kappa shape index (κ1) is 16.7. The number of pyridine rings is 1. The van der Waals surface area contributed by atoms with Crippen molar-refractivity contribution in [1.29, 1.82) is 0 Å². The minimum absolute atomic E-state index is 0.0643. The Morgan fingerprint density at radius 2 is 1.72 bits per heavy atom. The van der Waals surface area contributed by atoms with Gasteiger partial charge in [0, 0.05) is 24.2 Å². The fourth-order valence-electron chi connectivity index (χ4n) is 2.08. The van der Waals surface area contributed by atoms with Crippen LogP contribution in [0.4, 0.5) is 5.69 Å². The number of sulfonamides is 1. The maximum Gasteiger partial charge on any atom is 0.261 e. The predicted octanol–water partition coefficient (Wildman–Crippen LogP) is 1.54. The van der Waals surface area contributed by atoms with E-state index in [1.165, 1.54) is 36.7 Å². The van der Waals surface area contributed by atoms with Gasteiger partial charge in [0.1, 0.15) is 0 Å². The monoisotopic (exact) mass is 357 g/mol. The number of carbonyl (C=O) groups excluding carboxylic acids is 1. The van der Waals surface area contributed by atoms with Gasteiger partial charge >= 0.3 is 0 Å². The summed E-state index contributed by atoms with van der Waals surface area (Å²) in [7, 11) is -3.73. The van der Waals surface area contributed by atoms with Crippen molar-refractivity contribution in [3.05, 3.63) is 72.3 Å². The summed E-state index contributed by atoms with van der Waals surface area (Å²) < 4.78 is 27.1. The van der Waals surface area contributed by atoms with Gasteiger partial charge in [0.2, 0.25) is 0 Å². The maximum atomic E-state index is 12.3. The number of nitrogens with zero attached hydrogens (tertiary/aromatic N) is 2. The molecule has 2 heterocycles. The van der Waals surface area contributed by atoms with E-state index in [9.17, 15) is 13.2 Å². The van der Waals surface area contributed by atoms with E-state index in [1.807, 2.05) is 0 Å². The minimum Gasteiger partial charge on any atom is -0.346 e. The Kier molecular flexibility index (Phi) is 4.75. The van der Waals surface area contributed by atoms with Crippen LogP contribution in [0.25, 0.3) is 0 Å². The zero-order valence-electron chi connectivity index (χ0n) is 13.0. The van der Waals surface area contributed by atoms with Crippen LogP contribution in [0.5, 0.6) is 0 Å². The molecule has 128 valence electrons. The molecule has 0 fully saturated rings. The molecule has 0 spiro atoms. The van der Waals surface area contributed by atoms with Crippen LogP contribution in [0.1, 0.15) is 16.1 Å². The van der Waals surface area contributed by atoms with Gasteiger partial charge in [0.25, 0.3) is 15.9 Å². The van der Waals surface area contributed by atoms with Gasteiger partial charge in [0.15, 0.2) is 0 Å². The number of carbonyl (C=O) groups is 1. The third-order valence-corrected chi connectivity index (χ3v) is 4.75. The van der Waals surface area contributed by atoms with Gasteiger partial charge in [-0.1, -0.05) is 0 Å². The first-order valence-electron chi connectivity index (χ1n) is 7.34. The summed E-state index contributed by atoms with van der Waals surface area (Å²) in [5.74, 6) is -0.305. The molecule has 0 radical (unpaired) electrons. The SMILES string of the molecule is O=C(NCc1ccn[nH]1)c1ccc(S(=O)(=O)Nc2ccncc2)cc1. The van der Waals surface area contributed by atoms with E-state index in [1.54, 1.807) is 24.4 Å². The van der Waals surface area contributed by atoms with E-state index in [0.717, 1.165) is 5.69 Å². The molecule has 9 heteroatoms. The Morgan fingerprint density at radius 3 is 2.36 bits per heavy atom. The lowest BCUT2D eigenvalue weighted by Gasteiger charge is -2.09. The molecule has 0 aliphatic rings. The molecule has 0 atom stereocenters. The molecule has 8 nitrogen and oxygen atoms in total. The van der Waals surface area contributed by atoms with Crippen molar-refractivity contribution >= 4 is 21.6 Å². The van der Waals surface area contributed by atoms with E-state index in [2.05, 4.69) is 25.2 Å². The number of aromatic nitrogens is 3. The molecule has 0 aliphatic heterocycles. The lowest BCUT2D eigenvalue weighted by atomic mass is 10.2. The van der Waals surface area contributed by atoms with E-state index in [4.69, 9.17) is 0 Å². The molecule has 0 bridgehead atoms. The lowest BCUT2D eigenvalue weighted by molar-refractivity contribution is 0.0950. The standard InChI is InChI=1S/C16H15N5O3S/c22-16(18-11-14-7-10-19-20-14)12-1-3-15(4-2-12)25(23,24)21-13-5-8-17-9-6-13/h1-10H,11H2,(H,17,21)(H,18,22)(H,19,20). The van der Waals surface area contributed by atoms with Crippen molar-refractivity contribution in [3.8, 4) is 0 Å². The molecule has 0 saturated carbocycles. The zero-order valence-corrected chi connectivity index (χ0v) is 13.8. The predicted molar refractivity (Wildman–Crippen MR) is 91.2 cm³/mol. The highest BCUT2D eigenvalue weighted by molar-refractivity contribution is 7.92. The van der Waals surface area contributed by atoms with Crippen LogP contribution in [0, 0.1) is 0 Å². The molecule has 1 amide bonds. The van der Waals surface area contributed by atoms with E-state index >= 15 is 0 Å². The Morgan fingerprint density at radius 1 is 1.00 bits per heavy atom. The van der Waals surface area contributed by atoms with Crippen molar-refractivity contribution < 1.29 is 13.2 Å². The minimum atomic E-state index is -3.73. The third-order valence-electron chi connectivity index (χ3n) is 3.36. The summed E-state index contributed by atoms with van der Waals surface area (Å²) in [6.07, 6.45) is 4.58. The molecule has 3 rings (SSSR count). The van der Waals surface area contributed by atoms with Crippen molar-refractivity contribution in [1.82, 2.24) is 20.5 Å². The first-order valence-corrected chi connectivity index (χ1v) is 8.82. The van der Waals surface area contributed by atoms with Crippen LogP contribution in [-0.4, -0.2) is 29.5 Å². The fraction of sp³-hybridized carbons (Fsp3) is 0.0625. The molecule has 0 saturated heterocycles. The molecular formula is C16H15N5O3S. The number of aromatic amines is 1. The smallest absolute Gasteiger partial charge is 0.261 e. The molecule has 0 unspecified atom stereocenters. The van der Waals surface area contributed by atoms with Gasteiger partial charge in [-0.25, -0.2) is 8.42 Å². The quantitative estimate of drug-likeness (QED) is 0.618. The Balaban J connectivity index is 1.67. The summed E-state index contributed by atoms with van der Waals surface area (Å²) in [6.45, 7) is 0.308. The summed E-state index contributed by atoms with van der Waals surface area (Å²) in [5.41, 5.74) is 1.55. The Labute approximate surface area is 144 Å². The summed E-state index contributed by atoms with van der Waals surface area (Å²) in [4.78, 5) is 16.0. The zero-order chi connectivity index (χ0) is 17.7. The Hall–Kier alpha value is -3.20. The second-order valence-electron chi connectivity index (χ2n) is 5.13. The maximum absolute atomic E-state index is 12.3. The topological polar surface area (TPSA) is 117 Å². The third kappa shape index (κ3) is 4.21. The number of hydrogen-bond acceptors (Lipinski definition) is 5. The first-order chi connectivity index (χ1) is 12.0. The second-order valence-corrected chi connectivity index (χ2v) is 6.81. The lowest BCUT2D eigenvalue weighted by Crippen LogP contribution is -2.23. The van der Waals surface area contributed by atoms with Gasteiger partial charge in [-0.15, -0.1) is 0 Å². The molecule has 25 heavy (non-hydrogen) atoms. The second kappa shape index (κ2) is 7.14. The van der Waals surface area contributed by atoms with Gasteiger partial charge in [0.05, 0.1) is 22.8 Å². The number of H-pyrrole nitrogens is 1. The number of rotatable bonds is 6. The van der Waals surface area contributed by atoms with Crippen LogP contribution >= 0.6 is 0 Å². The Bertz CT molecular complexity index is 939. The number of benzene rings is 1. The van der Waals surface area contributed by atoms with Gasteiger partial charge in [-0.2, -0.15) is 5.10 Å². The van der Waals surface area contributed by atoms with Crippen LogP contribution in [0.2, 0.25) is 0 Å². The average Bonchev–Trinajstić information content (AvgIpc) is 3.14. The normalized spacial score (nSPS) is 11.0. The van der Waals surface area contributed by atoms with Crippen molar-refractivity contribution in [2.45, 2.75) is 11.4 Å². The molecule has 3 aromatic rings. The highest BCUT2D eigenvalue weighted by Gasteiger charge is 2.15. The number of amides is 1. The molecular weight excluding hydrogens is 342 g/mol. The highest BCUT2D eigenvalue weighted by atomic mass is 32.2. The summed E-state index contributed by atoms with van der Waals surface area (Å²) in [6, 6.07) is 10.5. The van der Waals surface area contributed by atoms with Gasteiger partial charge in [-0.3, -0.25) is 19.6 Å². The van der Waals surface area contributed by atoms with E-state index in [-0.39, 0.29) is 10.8 Å². The van der Waals surface area contributed by atoms with Crippen molar-refractivity contribution in [2.24, 2.45) is 0 Å².